The Bertz CT molecular complexity index is 1030. The van der Waals surface area contributed by atoms with E-state index in [0.29, 0.717) is 24.0 Å². The van der Waals surface area contributed by atoms with Gasteiger partial charge in [0.15, 0.2) is 16.0 Å². The maximum atomic E-state index is 13.1. The molecule has 28 heavy (non-hydrogen) atoms. The summed E-state index contributed by atoms with van der Waals surface area (Å²) in [5.74, 6) is -0.422. The molecule has 3 aromatic rings. The Morgan fingerprint density at radius 1 is 1.29 bits per heavy atom. The number of aromatic nitrogens is 1. The van der Waals surface area contributed by atoms with Crippen LogP contribution in [0.3, 0.4) is 0 Å². The van der Waals surface area contributed by atoms with E-state index in [1.807, 2.05) is 25.1 Å². The summed E-state index contributed by atoms with van der Waals surface area (Å²) >= 11 is 2.19. The van der Waals surface area contributed by atoms with Gasteiger partial charge in [0.2, 0.25) is 0 Å². The second-order valence-corrected chi connectivity index (χ2v) is 8.46. The number of hydrogen-bond donors (Lipinski definition) is 2. The number of aliphatic hydroxyl groups is 1. The van der Waals surface area contributed by atoms with E-state index in [1.54, 1.807) is 6.07 Å². The van der Waals surface area contributed by atoms with Crippen molar-refractivity contribution in [3.63, 3.8) is 0 Å². The number of thiazole rings is 1. The van der Waals surface area contributed by atoms with E-state index in [4.69, 9.17) is 5.11 Å². The molecule has 3 rings (SSSR count). The van der Waals surface area contributed by atoms with Crippen LogP contribution in [0.1, 0.15) is 44.5 Å². The molecular weight excluding hydrogens is 399 g/mol. The van der Waals surface area contributed by atoms with Crippen LogP contribution in [0, 0.1) is 12.1 Å². The van der Waals surface area contributed by atoms with Gasteiger partial charge in [-0.15, -0.1) is 11.3 Å². The molecule has 2 N–H and O–H groups in total. The lowest BCUT2D eigenvalue weighted by atomic mass is 9.94. The second-order valence-electron chi connectivity index (χ2n) is 6.23. The van der Waals surface area contributed by atoms with Gasteiger partial charge in [0, 0.05) is 27.5 Å². The van der Waals surface area contributed by atoms with Gasteiger partial charge < -0.3 is 5.11 Å². The first-order valence-electron chi connectivity index (χ1n) is 8.68. The van der Waals surface area contributed by atoms with E-state index >= 15 is 0 Å². The van der Waals surface area contributed by atoms with Gasteiger partial charge in [0.25, 0.3) is 5.91 Å². The predicted molar refractivity (Wildman–Crippen MR) is 110 cm³/mol. The van der Waals surface area contributed by atoms with Crippen LogP contribution in [-0.4, -0.2) is 28.4 Å². The molecule has 5 nitrogen and oxygen atoms in total. The highest BCUT2D eigenvalue weighted by molar-refractivity contribution is 7.16. The van der Waals surface area contributed by atoms with Crippen LogP contribution in [0.15, 0.2) is 30.5 Å². The van der Waals surface area contributed by atoms with E-state index in [2.05, 4.69) is 10.3 Å². The number of aryl methyl sites for hydroxylation is 2. The molecule has 0 saturated carbocycles. The first-order valence-corrected chi connectivity index (χ1v) is 10.3. The predicted octanol–water partition coefficient (Wildman–Crippen LogP) is 4.70. The molecule has 0 unspecified atom stereocenters. The average Bonchev–Trinajstić information content (AvgIpc) is 3.24. The lowest BCUT2D eigenvalue weighted by Crippen LogP contribution is -2.11. The summed E-state index contributed by atoms with van der Waals surface area (Å²) in [6, 6.07) is 7.38. The van der Waals surface area contributed by atoms with Crippen LogP contribution >= 0.6 is 22.7 Å². The summed E-state index contributed by atoms with van der Waals surface area (Å²) in [6.07, 6.45) is 2.24. The van der Waals surface area contributed by atoms with Crippen LogP contribution in [-0.2, 0) is 6.42 Å². The van der Waals surface area contributed by atoms with Crippen molar-refractivity contribution in [1.29, 1.82) is 0 Å². The largest absolute Gasteiger partial charge is 0.396 e. The third-order valence-electron chi connectivity index (χ3n) is 4.23. The zero-order chi connectivity index (χ0) is 20.3. The maximum Gasteiger partial charge on any atom is 0.258 e. The van der Waals surface area contributed by atoms with Gasteiger partial charge >= 0.3 is 0 Å². The van der Waals surface area contributed by atoms with Gasteiger partial charge in [0.05, 0.1) is 11.8 Å². The monoisotopic (exact) mass is 418 g/mol. The number of Topliss-reactive ketones (excluding diaryl/α,β-unsaturated/α-hetero) is 1. The number of carbonyl (C=O) groups is 2. The Kier molecular flexibility index (Phi) is 6.33. The van der Waals surface area contributed by atoms with Gasteiger partial charge in [-0.2, -0.15) is 4.39 Å². The molecule has 0 radical (unpaired) electrons. The SMILES string of the molecule is CC(=O)c1c(CCCO)cccc1-c1cc(C(=O)Nc2ncc(F)s2)c(C)s1. The number of benzene rings is 1. The summed E-state index contributed by atoms with van der Waals surface area (Å²) in [5, 5.41) is 11.4. The number of ketones is 1. The van der Waals surface area contributed by atoms with E-state index < -0.39 is 5.13 Å². The summed E-state index contributed by atoms with van der Waals surface area (Å²) in [6.45, 7) is 3.41. The highest BCUT2D eigenvalue weighted by atomic mass is 32.1. The second kappa shape index (κ2) is 8.72. The molecule has 0 saturated heterocycles. The van der Waals surface area contributed by atoms with Crippen molar-refractivity contribution in [2.45, 2.75) is 26.7 Å². The minimum absolute atomic E-state index is 0.0566. The van der Waals surface area contributed by atoms with Crippen molar-refractivity contribution >= 4 is 39.5 Å². The zero-order valence-corrected chi connectivity index (χ0v) is 17.0. The minimum Gasteiger partial charge on any atom is -0.396 e. The fraction of sp³-hybridized carbons (Fsp3) is 0.250. The first kappa shape index (κ1) is 20.3. The number of anilines is 1. The molecule has 0 bridgehead atoms. The highest BCUT2D eigenvalue weighted by Gasteiger charge is 2.20. The third-order valence-corrected chi connectivity index (χ3v) is 6.02. The number of carbonyl (C=O) groups excluding carboxylic acids is 2. The zero-order valence-electron chi connectivity index (χ0n) is 15.4. The van der Waals surface area contributed by atoms with E-state index in [9.17, 15) is 14.0 Å². The molecule has 146 valence electrons. The summed E-state index contributed by atoms with van der Waals surface area (Å²) in [4.78, 5) is 30.3. The fourth-order valence-electron chi connectivity index (χ4n) is 3.02. The number of nitrogens with one attached hydrogen (secondary N) is 1. The smallest absolute Gasteiger partial charge is 0.258 e. The summed E-state index contributed by atoms with van der Waals surface area (Å²) in [5.41, 5.74) is 2.74. The van der Waals surface area contributed by atoms with Gasteiger partial charge in [-0.1, -0.05) is 29.5 Å². The molecular formula is C20H19FN2O3S2. The molecule has 8 heteroatoms. The Hall–Kier alpha value is -2.42. The van der Waals surface area contributed by atoms with Gasteiger partial charge in [-0.25, -0.2) is 4.98 Å². The lowest BCUT2D eigenvalue weighted by Gasteiger charge is -2.11. The molecule has 0 aliphatic heterocycles. The molecule has 1 aromatic carbocycles. The number of nitrogens with zero attached hydrogens (tertiary/aromatic N) is 1. The molecule has 0 fully saturated rings. The number of thiophene rings is 1. The fourth-order valence-corrected chi connectivity index (χ4v) is 4.60. The van der Waals surface area contributed by atoms with Crippen molar-refractivity contribution in [3.8, 4) is 10.4 Å². The van der Waals surface area contributed by atoms with Crippen molar-refractivity contribution in [2.24, 2.45) is 0 Å². The molecule has 0 spiro atoms. The summed E-state index contributed by atoms with van der Waals surface area (Å²) in [7, 11) is 0. The van der Waals surface area contributed by atoms with Gasteiger partial charge in [-0.05, 0) is 38.3 Å². The van der Waals surface area contributed by atoms with E-state index in [1.165, 1.54) is 18.3 Å². The van der Waals surface area contributed by atoms with Crippen LogP contribution in [0.4, 0.5) is 9.52 Å². The molecule has 0 aliphatic carbocycles. The number of rotatable bonds is 7. The van der Waals surface area contributed by atoms with Gasteiger partial charge in [0.1, 0.15) is 0 Å². The quantitative estimate of drug-likeness (QED) is 0.545. The first-order chi connectivity index (χ1) is 13.4. The number of aliphatic hydroxyl groups excluding tert-OH is 1. The van der Waals surface area contributed by atoms with E-state index in [-0.39, 0.29) is 23.4 Å². The highest BCUT2D eigenvalue weighted by Crippen LogP contribution is 2.35. The Morgan fingerprint density at radius 3 is 2.71 bits per heavy atom. The lowest BCUT2D eigenvalue weighted by molar-refractivity contribution is 0.101. The number of amides is 1. The Labute approximate surface area is 169 Å². The van der Waals surface area contributed by atoms with Crippen molar-refractivity contribution < 1.29 is 19.1 Å². The molecule has 1 amide bonds. The van der Waals surface area contributed by atoms with E-state index in [0.717, 1.165) is 38.4 Å². The Morgan fingerprint density at radius 2 is 2.07 bits per heavy atom. The normalized spacial score (nSPS) is 10.9. The van der Waals surface area contributed by atoms with Crippen molar-refractivity contribution in [1.82, 2.24) is 4.98 Å². The van der Waals surface area contributed by atoms with Crippen LogP contribution in [0.25, 0.3) is 10.4 Å². The van der Waals surface area contributed by atoms with Crippen LogP contribution in [0.5, 0.6) is 0 Å². The topological polar surface area (TPSA) is 79.3 Å². The Balaban J connectivity index is 1.96. The number of hydrogen-bond acceptors (Lipinski definition) is 6. The van der Waals surface area contributed by atoms with Gasteiger partial charge in [-0.3, -0.25) is 14.9 Å². The number of halogens is 1. The molecule has 0 aliphatic rings. The van der Waals surface area contributed by atoms with Crippen LogP contribution in [0.2, 0.25) is 0 Å². The maximum absolute atomic E-state index is 13.1. The minimum atomic E-state index is -0.469. The average molecular weight is 419 g/mol. The summed E-state index contributed by atoms with van der Waals surface area (Å²) < 4.78 is 13.1. The van der Waals surface area contributed by atoms with Crippen molar-refractivity contribution in [2.75, 3.05) is 11.9 Å². The third kappa shape index (κ3) is 4.35. The molecule has 2 heterocycles. The standard InChI is InChI=1S/C20H19FN2O3S2/c1-11(25)18-13(6-4-8-24)5-3-7-14(18)16-9-15(12(2)27-16)19(26)23-20-22-10-17(21)28-20/h3,5,7,9-10,24H,4,6,8H2,1-2H3,(H,22,23,26). The van der Waals surface area contributed by atoms with Crippen molar-refractivity contribution in [3.05, 3.63) is 57.2 Å². The molecule has 2 aromatic heterocycles. The molecule has 0 atom stereocenters. The van der Waals surface area contributed by atoms with Crippen LogP contribution < -0.4 is 5.32 Å².